The Morgan fingerprint density at radius 1 is 1.35 bits per heavy atom. The largest absolute Gasteiger partial charge is 0.377 e. The second-order valence-electron chi connectivity index (χ2n) is 7.19. The highest BCUT2D eigenvalue weighted by Gasteiger charge is 2.59. The van der Waals surface area contributed by atoms with Crippen LogP contribution >= 0.6 is 0 Å². The van der Waals surface area contributed by atoms with Gasteiger partial charge in [0.15, 0.2) is 0 Å². The molecule has 2 aliphatic rings. The molecule has 0 unspecified atom stereocenters. The van der Waals surface area contributed by atoms with E-state index in [1.807, 2.05) is 12.3 Å². The molecule has 1 saturated carbocycles. The number of hydrogen-bond donors (Lipinski definition) is 1. The van der Waals surface area contributed by atoms with E-state index in [1.54, 1.807) is 0 Å². The third-order valence-electron chi connectivity index (χ3n) is 5.13. The van der Waals surface area contributed by atoms with Crippen LogP contribution in [0.25, 0.3) is 0 Å². The lowest BCUT2D eigenvalue weighted by Crippen LogP contribution is -2.66. The predicted octanol–water partition coefficient (Wildman–Crippen LogP) is 3.18. The van der Waals surface area contributed by atoms with Gasteiger partial charge in [-0.2, -0.15) is 0 Å². The van der Waals surface area contributed by atoms with Crippen molar-refractivity contribution in [3.8, 4) is 0 Å². The van der Waals surface area contributed by atoms with Crippen LogP contribution in [-0.4, -0.2) is 23.7 Å². The van der Waals surface area contributed by atoms with Gasteiger partial charge in [-0.05, 0) is 24.5 Å². The van der Waals surface area contributed by atoms with Gasteiger partial charge in [-0.15, -0.1) is 0 Å². The SMILES string of the molecule is CC(C)[C@H](N[C@@H]1[C@H]2CCO[C@H]2C1(C)C)c1ccccn1. The van der Waals surface area contributed by atoms with Gasteiger partial charge in [-0.25, -0.2) is 0 Å². The molecule has 0 amide bonds. The maximum Gasteiger partial charge on any atom is 0.0685 e. The van der Waals surface area contributed by atoms with Crippen LogP contribution in [0.2, 0.25) is 0 Å². The summed E-state index contributed by atoms with van der Waals surface area (Å²) in [6, 6.07) is 7.04. The molecule has 3 heteroatoms. The van der Waals surface area contributed by atoms with Crippen molar-refractivity contribution < 1.29 is 4.74 Å². The first kappa shape index (κ1) is 14.0. The molecule has 110 valence electrons. The Balaban J connectivity index is 1.78. The van der Waals surface area contributed by atoms with Crippen LogP contribution in [0.5, 0.6) is 0 Å². The summed E-state index contributed by atoms with van der Waals surface area (Å²) in [5, 5.41) is 3.89. The summed E-state index contributed by atoms with van der Waals surface area (Å²) in [6.07, 6.45) is 3.52. The third kappa shape index (κ3) is 2.17. The molecule has 2 fully saturated rings. The molecule has 4 atom stereocenters. The number of pyridine rings is 1. The van der Waals surface area contributed by atoms with E-state index >= 15 is 0 Å². The quantitative estimate of drug-likeness (QED) is 0.915. The van der Waals surface area contributed by atoms with Crippen LogP contribution in [0.15, 0.2) is 24.4 Å². The fourth-order valence-electron chi connectivity index (χ4n) is 4.04. The number of nitrogens with zero attached hydrogens (tertiary/aromatic N) is 1. The van der Waals surface area contributed by atoms with Gasteiger partial charge >= 0.3 is 0 Å². The molecule has 20 heavy (non-hydrogen) atoms. The molecule has 1 aliphatic carbocycles. The molecule has 0 aromatic carbocycles. The summed E-state index contributed by atoms with van der Waals surface area (Å²) in [5.74, 6) is 1.21. The summed E-state index contributed by atoms with van der Waals surface area (Å²) in [5.41, 5.74) is 1.38. The van der Waals surface area contributed by atoms with Gasteiger partial charge in [-0.3, -0.25) is 4.98 Å². The van der Waals surface area contributed by atoms with Gasteiger partial charge in [-0.1, -0.05) is 33.8 Å². The van der Waals surface area contributed by atoms with Crippen molar-refractivity contribution in [2.45, 2.75) is 52.3 Å². The highest BCUT2D eigenvalue weighted by molar-refractivity contribution is 5.15. The Morgan fingerprint density at radius 3 is 2.80 bits per heavy atom. The Hall–Kier alpha value is -0.930. The minimum Gasteiger partial charge on any atom is -0.377 e. The standard InChI is InChI=1S/C17H26N2O/c1-11(2)14(13-7-5-6-9-18-13)19-15-12-8-10-20-16(12)17(15,3)4/h5-7,9,11-12,14-16,19H,8,10H2,1-4H3/t12-,14+,15-,16-/m1/s1. The number of aromatic nitrogens is 1. The molecule has 1 aromatic heterocycles. The van der Waals surface area contributed by atoms with Crippen molar-refractivity contribution in [3.05, 3.63) is 30.1 Å². The molecular formula is C17H26N2O. The van der Waals surface area contributed by atoms with Gasteiger partial charge in [0.2, 0.25) is 0 Å². The Labute approximate surface area is 122 Å². The molecule has 2 heterocycles. The summed E-state index contributed by atoms with van der Waals surface area (Å²) in [7, 11) is 0. The van der Waals surface area contributed by atoms with Crippen LogP contribution in [-0.2, 0) is 4.74 Å². The third-order valence-corrected chi connectivity index (χ3v) is 5.13. The summed E-state index contributed by atoms with van der Waals surface area (Å²) in [4.78, 5) is 4.55. The van der Waals surface area contributed by atoms with Gasteiger partial charge < -0.3 is 10.1 Å². The first-order chi connectivity index (χ1) is 9.51. The van der Waals surface area contributed by atoms with Crippen molar-refractivity contribution in [1.29, 1.82) is 0 Å². The lowest BCUT2D eigenvalue weighted by atomic mass is 9.57. The van der Waals surface area contributed by atoms with E-state index in [2.05, 4.69) is 50.1 Å². The predicted molar refractivity (Wildman–Crippen MR) is 80.4 cm³/mol. The monoisotopic (exact) mass is 274 g/mol. The number of nitrogens with one attached hydrogen (secondary N) is 1. The zero-order valence-electron chi connectivity index (χ0n) is 13.0. The molecule has 3 rings (SSSR count). The van der Waals surface area contributed by atoms with Gasteiger partial charge in [0.05, 0.1) is 17.8 Å². The number of rotatable bonds is 4. The second-order valence-corrected chi connectivity index (χ2v) is 7.19. The summed E-state index contributed by atoms with van der Waals surface area (Å²) >= 11 is 0. The molecule has 3 nitrogen and oxygen atoms in total. The van der Waals surface area contributed by atoms with Crippen LogP contribution < -0.4 is 5.32 Å². The molecule has 0 radical (unpaired) electrons. The van der Waals surface area contributed by atoms with E-state index in [1.165, 1.54) is 6.42 Å². The Morgan fingerprint density at radius 2 is 2.15 bits per heavy atom. The van der Waals surface area contributed by atoms with Crippen LogP contribution in [0.3, 0.4) is 0 Å². The molecule has 1 aliphatic heterocycles. The molecule has 0 spiro atoms. The normalized spacial score (nSPS) is 32.8. The first-order valence-electron chi connectivity index (χ1n) is 7.80. The Kier molecular flexibility index (Phi) is 3.59. The van der Waals surface area contributed by atoms with E-state index in [0.717, 1.165) is 12.3 Å². The molecular weight excluding hydrogens is 248 g/mol. The van der Waals surface area contributed by atoms with Gasteiger partial charge in [0, 0.05) is 30.2 Å². The maximum atomic E-state index is 5.89. The van der Waals surface area contributed by atoms with Crippen LogP contribution in [0.4, 0.5) is 0 Å². The van der Waals surface area contributed by atoms with Crippen LogP contribution in [0.1, 0.15) is 45.9 Å². The highest BCUT2D eigenvalue weighted by Crippen LogP contribution is 2.52. The number of fused-ring (bicyclic) bond motifs is 1. The van der Waals surface area contributed by atoms with Crippen molar-refractivity contribution in [1.82, 2.24) is 10.3 Å². The lowest BCUT2D eigenvalue weighted by molar-refractivity contribution is -0.117. The Bertz CT molecular complexity index is 457. The van der Waals surface area contributed by atoms with E-state index in [0.29, 0.717) is 30.0 Å². The second kappa shape index (κ2) is 5.12. The smallest absolute Gasteiger partial charge is 0.0685 e. The average molecular weight is 274 g/mol. The maximum absolute atomic E-state index is 5.89. The van der Waals surface area contributed by atoms with Crippen molar-refractivity contribution >= 4 is 0 Å². The fourth-order valence-corrected chi connectivity index (χ4v) is 4.04. The average Bonchev–Trinajstić information content (AvgIpc) is 2.86. The topological polar surface area (TPSA) is 34.1 Å². The van der Waals surface area contributed by atoms with Gasteiger partial charge in [0.1, 0.15) is 0 Å². The molecule has 0 bridgehead atoms. The van der Waals surface area contributed by atoms with Crippen molar-refractivity contribution in [3.63, 3.8) is 0 Å². The van der Waals surface area contributed by atoms with E-state index in [9.17, 15) is 0 Å². The zero-order valence-corrected chi connectivity index (χ0v) is 13.0. The van der Waals surface area contributed by atoms with Crippen molar-refractivity contribution in [2.24, 2.45) is 17.3 Å². The van der Waals surface area contributed by atoms with E-state index in [4.69, 9.17) is 4.74 Å². The zero-order chi connectivity index (χ0) is 14.3. The number of hydrogen-bond acceptors (Lipinski definition) is 3. The summed E-state index contributed by atoms with van der Waals surface area (Å²) < 4.78 is 5.89. The molecule has 1 saturated heterocycles. The lowest BCUT2D eigenvalue weighted by Gasteiger charge is -2.56. The highest BCUT2D eigenvalue weighted by atomic mass is 16.5. The summed E-state index contributed by atoms with van der Waals surface area (Å²) in [6.45, 7) is 10.1. The minimum absolute atomic E-state index is 0.225. The van der Waals surface area contributed by atoms with E-state index < -0.39 is 0 Å². The van der Waals surface area contributed by atoms with E-state index in [-0.39, 0.29) is 5.41 Å². The molecule has 1 aromatic rings. The molecule has 1 N–H and O–H groups in total. The van der Waals surface area contributed by atoms with Gasteiger partial charge in [0.25, 0.3) is 0 Å². The minimum atomic E-state index is 0.225. The van der Waals surface area contributed by atoms with Crippen molar-refractivity contribution in [2.75, 3.05) is 6.61 Å². The number of ether oxygens (including phenoxy) is 1. The first-order valence-corrected chi connectivity index (χ1v) is 7.80. The fraction of sp³-hybridized carbons (Fsp3) is 0.706. The van der Waals surface area contributed by atoms with Crippen LogP contribution in [0, 0.1) is 17.3 Å².